The molecular formula is C16H22BrN3S. The second kappa shape index (κ2) is 6.23. The summed E-state index contributed by atoms with van der Waals surface area (Å²) in [5.74, 6) is 0.618. The van der Waals surface area contributed by atoms with Crippen LogP contribution < -0.4 is 5.32 Å². The normalized spacial score (nSPS) is 19.5. The number of fused-ring (bicyclic) bond motifs is 1. The van der Waals surface area contributed by atoms with Crippen LogP contribution in [-0.2, 0) is 19.9 Å². The maximum atomic E-state index is 4.52. The van der Waals surface area contributed by atoms with Crippen molar-refractivity contribution in [1.82, 2.24) is 15.1 Å². The lowest BCUT2D eigenvalue weighted by Gasteiger charge is -2.30. The van der Waals surface area contributed by atoms with E-state index in [9.17, 15) is 0 Å². The van der Waals surface area contributed by atoms with Crippen molar-refractivity contribution in [2.45, 2.75) is 44.6 Å². The van der Waals surface area contributed by atoms with Crippen molar-refractivity contribution in [2.75, 3.05) is 7.05 Å². The van der Waals surface area contributed by atoms with E-state index in [0.717, 1.165) is 16.6 Å². The number of hydrogen-bond acceptors (Lipinski definition) is 3. The lowest BCUT2D eigenvalue weighted by atomic mass is 9.81. The molecule has 1 aliphatic carbocycles. The number of likely N-dealkylation sites (N-methyl/N-ethyl adjacent to an activating group) is 1. The van der Waals surface area contributed by atoms with Gasteiger partial charge in [-0.2, -0.15) is 5.10 Å². The summed E-state index contributed by atoms with van der Waals surface area (Å²) in [6, 6.07) is 2.79. The Kier molecular flexibility index (Phi) is 4.52. The minimum atomic E-state index is 0.463. The second-order valence-corrected chi connectivity index (χ2v) is 7.66. The predicted octanol–water partition coefficient (Wildman–Crippen LogP) is 3.80. The van der Waals surface area contributed by atoms with Crippen LogP contribution >= 0.6 is 27.3 Å². The molecule has 0 amide bonds. The number of halogens is 1. The summed E-state index contributed by atoms with van der Waals surface area (Å²) >= 11 is 5.62. The number of rotatable bonds is 4. The molecule has 2 aromatic heterocycles. The molecule has 1 N–H and O–H groups in total. The van der Waals surface area contributed by atoms with Crippen LogP contribution in [0.5, 0.6) is 0 Å². The average Bonchev–Trinajstić information content (AvgIpc) is 3.04. The van der Waals surface area contributed by atoms with Crippen molar-refractivity contribution in [1.29, 1.82) is 0 Å². The van der Waals surface area contributed by atoms with Crippen LogP contribution in [0.4, 0.5) is 0 Å². The summed E-state index contributed by atoms with van der Waals surface area (Å²) in [5.41, 5.74) is 3.93. The van der Waals surface area contributed by atoms with Crippen molar-refractivity contribution >= 4 is 27.3 Å². The maximum Gasteiger partial charge on any atom is 0.0738 e. The molecule has 0 saturated heterocycles. The summed E-state index contributed by atoms with van der Waals surface area (Å²) < 4.78 is 3.17. The van der Waals surface area contributed by atoms with E-state index in [1.54, 1.807) is 10.4 Å². The van der Waals surface area contributed by atoms with Gasteiger partial charge < -0.3 is 5.32 Å². The summed E-state index contributed by atoms with van der Waals surface area (Å²) in [6.07, 6.45) is 4.86. The fourth-order valence-electron chi connectivity index (χ4n) is 3.50. The number of nitrogens with one attached hydrogen (secondary N) is 1. The van der Waals surface area contributed by atoms with Crippen LogP contribution in [0, 0.1) is 6.92 Å². The van der Waals surface area contributed by atoms with E-state index in [1.165, 1.54) is 25.0 Å². The van der Waals surface area contributed by atoms with Gasteiger partial charge in [-0.25, -0.2) is 0 Å². The monoisotopic (exact) mass is 367 g/mol. The van der Waals surface area contributed by atoms with Gasteiger partial charge in [0.25, 0.3) is 0 Å². The first-order chi connectivity index (χ1) is 10.1. The van der Waals surface area contributed by atoms with Gasteiger partial charge in [0.05, 0.1) is 15.9 Å². The molecule has 0 bridgehead atoms. The van der Waals surface area contributed by atoms with E-state index >= 15 is 0 Å². The Bertz CT molecular complexity index is 632. The molecule has 0 aromatic carbocycles. The lowest BCUT2D eigenvalue weighted by Crippen LogP contribution is -2.36. The van der Waals surface area contributed by atoms with Crippen LogP contribution in [0.15, 0.2) is 15.9 Å². The molecule has 2 aromatic rings. The van der Waals surface area contributed by atoms with Crippen molar-refractivity contribution in [3.05, 3.63) is 37.7 Å². The smallest absolute Gasteiger partial charge is 0.0738 e. The van der Waals surface area contributed by atoms with Gasteiger partial charge >= 0.3 is 0 Å². The van der Waals surface area contributed by atoms with Gasteiger partial charge in [-0.05, 0) is 66.2 Å². The minimum Gasteiger partial charge on any atom is -0.316 e. The Labute approximate surface area is 138 Å². The molecule has 0 radical (unpaired) electrons. The van der Waals surface area contributed by atoms with Crippen molar-refractivity contribution in [3.8, 4) is 0 Å². The summed E-state index contributed by atoms with van der Waals surface area (Å²) in [7, 11) is 4.12. The molecule has 0 saturated carbocycles. The maximum absolute atomic E-state index is 4.52. The zero-order valence-electron chi connectivity index (χ0n) is 12.8. The van der Waals surface area contributed by atoms with Crippen molar-refractivity contribution in [2.24, 2.45) is 7.05 Å². The molecule has 3 rings (SSSR count). The topological polar surface area (TPSA) is 29.9 Å². The van der Waals surface area contributed by atoms with E-state index in [-0.39, 0.29) is 0 Å². The summed E-state index contributed by atoms with van der Waals surface area (Å²) in [6.45, 7) is 2.06. The van der Waals surface area contributed by atoms with Gasteiger partial charge in [0.15, 0.2) is 0 Å². The molecule has 2 atom stereocenters. The number of aromatic nitrogens is 2. The average molecular weight is 368 g/mol. The van der Waals surface area contributed by atoms with Gasteiger partial charge in [-0.15, -0.1) is 11.3 Å². The first-order valence-corrected chi connectivity index (χ1v) is 9.20. The van der Waals surface area contributed by atoms with Crippen LogP contribution in [-0.4, -0.2) is 22.9 Å². The molecule has 2 unspecified atom stereocenters. The van der Waals surface area contributed by atoms with Crippen LogP contribution in [0.1, 0.15) is 40.6 Å². The van der Waals surface area contributed by atoms with Crippen LogP contribution in [0.2, 0.25) is 0 Å². The molecule has 5 heteroatoms. The quantitative estimate of drug-likeness (QED) is 0.890. The predicted molar refractivity (Wildman–Crippen MR) is 92.2 cm³/mol. The Morgan fingerprint density at radius 2 is 2.38 bits per heavy atom. The molecule has 0 spiro atoms. The van der Waals surface area contributed by atoms with Gasteiger partial charge in [0.2, 0.25) is 0 Å². The highest BCUT2D eigenvalue weighted by Gasteiger charge is 2.29. The van der Waals surface area contributed by atoms with Gasteiger partial charge in [0, 0.05) is 30.3 Å². The first kappa shape index (κ1) is 15.3. The fourth-order valence-corrected chi connectivity index (χ4v) is 4.99. The molecule has 21 heavy (non-hydrogen) atoms. The number of thiophene rings is 1. The first-order valence-electron chi connectivity index (χ1n) is 7.53. The van der Waals surface area contributed by atoms with E-state index in [1.807, 2.05) is 23.1 Å². The third-order valence-electron chi connectivity index (χ3n) is 4.63. The largest absolute Gasteiger partial charge is 0.316 e. The third-order valence-corrected chi connectivity index (χ3v) is 6.66. The Morgan fingerprint density at radius 3 is 3.05 bits per heavy atom. The summed E-state index contributed by atoms with van der Waals surface area (Å²) in [4.78, 5) is 1.59. The van der Waals surface area contributed by atoms with E-state index in [2.05, 4.69) is 51.8 Å². The van der Waals surface area contributed by atoms with Gasteiger partial charge in [-0.3, -0.25) is 4.68 Å². The molecular weight excluding hydrogens is 346 g/mol. The molecule has 3 nitrogen and oxygen atoms in total. The van der Waals surface area contributed by atoms with Crippen LogP contribution in [0.3, 0.4) is 0 Å². The SMILES string of the molecule is CNC(Cc1c(Br)c(C)nn1C)C1CCCc2sccc21. The molecule has 2 heterocycles. The molecule has 0 aliphatic heterocycles. The number of nitrogens with zero attached hydrogens (tertiary/aromatic N) is 2. The third kappa shape index (κ3) is 2.83. The Hall–Kier alpha value is -0.650. The van der Waals surface area contributed by atoms with Crippen LogP contribution in [0.25, 0.3) is 0 Å². The molecule has 114 valence electrons. The van der Waals surface area contributed by atoms with Gasteiger partial charge in [-0.1, -0.05) is 0 Å². The molecule has 1 aliphatic rings. The standard InChI is InChI=1S/C16H22BrN3S/c1-10-16(17)14(20(3)19-10)9-13(18-2)11-5-4-6-15-12(11)7-8-21-15/h7-8,11,13,18H,4-6,9H2,1-3H3. The number of aryl methyl sites for hydroxylation is 3. The Balaban J connectivity index is 1.87. The van der Waals surface area contributed by atoms with Crippen molar-refractivity contribution in [3.63, 3.8) is 0 Å². The number of hydrogen-bond donors (Lipinski definition) is 1. The zero-order chi connectivity index (χ0) is 15.0. The van der Waals surface area contributed by atoms with Gasteiger partial charge in [0.1, 0.15) is 0 Å². The highest BCUT2D eigenvalue weighted by Crippen LogP contribution is 2.38. The van der Waals surface area contributed by atoms with Crippen molar-refractivity contribution < 1.29 is 0 Å². The molecule has 0 fully saturated rings. The summed E-state index contributed by atoms with van der Waals surface area (Å²) in [5, 5.41) is 10.3. The second-order valence-electron chi connectivity index (χ2n) is 5.87. The Morgan fingerprint density at radius 1 is 1.57 bits per heavy atom. The highest BCUT2D eigenvalue weighted by atomic mass is 79.9. The zero-order valence-corrected chi connectivity index (χ0v) is 15.2. The van der Waals surface area contributed by atoms with E-state index < -0.39 is 0 Å². The highest BCUT2D eigenvalue weighted by molar-refractivity contribution is 9.10. The minimum absolute atomic E-state index is 0.463. The van der Waals surface area contributed by atoms with E-state index in [4.69, 9.17) is 0 Å². The van der Waals surface area contributed by atoms with E-state index in [0.29, 0.717) is 12.0 Å². The lowest BCUT2D eigenvalue weighted by molar-refractivity contribution is 0.406. The fraction of sp³-hybridized carbons (Fsp3) is 0.562.